The van der Waals surface area contributed by atoms with E-state index in [1.54, 1.807) is 17.4 Å². The van der Waals surface area contributed by atoms with E-state index in [0.29, 0.717) is 10.2 Å². The lowest BCUT2D eigenvalue weighted by atomic mass is 10.2. The van der Waals surface area contributed by atoms with Crippen LogP contribution in [0.5, 0.6) is 0 Å². The van der Waals surface area contributed by atoms with Crippen molar-refractivity contribution in [1.82, 2.24) is 0 Å². The third kappa shape index (κ3) is 1.78. The normalized spacial score (nSPS) is 21.5. The number of aliphatic carboxylic acids is 1. The summed E-state index contributed by atoms with van der Waals surface area (Å²) in [4.78, 5) is 12.4. The lowest BCUT2D eigenvalue weighted by molar-refractivity contribution is -0.131. The number of rotatable bonds is 2. The van der Waals surface area contributed by atoms with Crippen molar-refractivity contribution in [2.75, 3.05) is 0 Å². The van der Waals surface area contributed by atoms with Crippen molar-refractivity contribution >= 4 is 29.1 Å². The summed E-state index contributed by atoms with van der Waals surface area (Å²) >= 11 is 3.14. The number of thiophene rings is 1. The van der Waals surface area contributed by atoms with Crippen LogP contribution in [0, 0.1) is 0 Å². The van der Waals surface area contributed by atoms with Gasteiger partial charge in [0.25, 0.3) is 0 Å². The molecule has 1 unspecified atom stereocenters. The van der Waals surface area contributed by atoms with Gasteiger partial charge < -0.3 is 5.11 Å². The van der Waals surface area contributed by atoms with Crippen LogP contribution in [0.15, 0.2) is 28.5 Å². The number of hydrogen-bond donors (Lipinski definition) is 1. The Morgan fingerprint density at radius 3 is 3.00 bits per heavy atom. The Kier molecular flexibility index (Phi) is 2.42. The minimum atomic E-state index is -0.802. The lowest BCUT2D eigenvalue weighted by Gasteiger charge is -2.04. The number of carboxylic acids is 1. The van der Waals surface area contributed by atoms with Gasteiger partial charge in [-0.1, -0.05) is 12.1 Å². The SMILES string of the molecule is O=C(O)C1=CCC(c2cccs2)S1. The summed E-state index contributed by atoms with van der Waals surface area (Å²) in [5.41, 5.74) is 0. The molecule has 2 nitrogen and oxygen atoms in total. The Labute approximate surface area is 84.3 Å². The Balaban J connectivity index is 2.07. The third-order valence-electron chi connectivity index (χ3n) is 1.86. The van der Waals surface area contributed by atoms with E-state index in [9.17, 15) is 4.79 Å². The fourth-order valence-electron chi connectivity index (χ4n) is 1.25. The Morgan fingerprint density at radius 1 is 1.62 bits per heavy atom. The van der Waals surface area contributed by atoms with Gasteiger partial charge in [0.05, 0.1) is 4.91 Å². The third-order valence-corrected chi connectivity index (χ3v) is 4.32. The number of carboxylic acid groups (broad SMARTS) is 1. The maximum Gasteiger partial charge on any atom is 0.341 e. The molecule has 1 N–H and O–H groups in total. The molecule has 68 valence electrons. The molecule has 2 heterocycles. The Hall–Kier alpha value is -0.740. The van der Waals surface area contributed by atoms with Crippen LogP contribution in [0.3, 0.4) is 0 Å². The molecule has 4 heteroatoms. The first-order chi connectivity index (χ1) is 6.27. The molecule has 0 spiro atoms. The highest BCUT2D eigenvalue weighted by Crippen LogP contribution is 2.44. The van der Waals surface area contributed by atoms with Crippen molar-refractivity contribution in [2.24, 2.45) is 0 Å². The fraction of sp³-hybridized carbons (Fsp3) is 0.222. The summed E-state index contributed by atoms with van der Waals surface area (Å²) in [7, 11) is 0. The zero-order chi connectivity index (χ0) is 9.26. The highest BCUT2D eigenvalue weighted by atomic mass is 32.2. The van der Waals surface area contributed by atoms with Gasteiger partial charge in [-0.3, -0.25) is 0 Å². The summed E-state index contributed by atoms with van der Waals surface area (Å²) in [6.07, 6.45) is 2.64. The van der Waals surface area contributed by atoms with Gasteiger partial charge in [0.1, 0.15) is 0 Å². The van der Waals surface area contributed by atoms with Crippen molar-refractivity contribution in [1.29, 1.82) is 0 Å². The molecule has 1 aliphatic rings. The van der Waals surface area contributed by atoms with E-state index in [4.69, 9.17) is 5.11 Å². The molecule has 1 aromatic rings. The average molecular weight is 212 g/mol. The molecule has 0 saturated carbocycles. The van der Waals surface area contributed by atoms with Crippen LogP contribution in [0.2, 0.25) is 0 Å². The molecule has 0 amide bonds. The molecule has 0 bridgehead atoms. The second-order valence-corrected chi connectivity index (χ2v) is 4.95. The number of hydrogen-bond acceptors (Lipinski definition) is 3. The molecule has 0 fully saturated rings. The highest BCUT2D eigenvalue weighted by Gasteiger charge is 2.23. The van der Waals surface area contributed by atoms with E-state index in [1.807, 2.05) is 11.4 Å². The van der Waals surface area contributed by atoms with E-state index in [2.05, 4.69) is 6.07 Å². The second-order valence-electron chi connectivity index (χ2n) is 2.73. The molecule has 1 aromatic heterocycles. The first-order valence-electron chi connectivity index (χ1n) is 3.91. The van der Waals surface area contributed by atoms with E-state index < -0.39 is 5.97 Å². The van der Waals surface area contributed by atoms with Gasteiger partial charge >= 0.3 is 5.97 Å². The summed E-state index contributed by atoms with van der Waals surface area (Å²) < 4.78 is 0. The maximum atomic E-state index is 10.6. The van der Waals surface area contributed by atoms with Crippen LogP contribution in [0.25, 0.3) is 0 Å². The molecular formula is C9H8O2S2. The molecule has 13 heavy (non-hydrogen) atoms. The average Bonchev–Trinajstić information content (AvgIpc) is 2.75. The summed E-state index contributed by atoms with van der Waals surface area (Å²) in [6.45, 7) is 0. The zero-order valence-electron chi connectivity index (χ0n) is 6.77. The van der Waals surface area contributed by atoms with Gasteiger partial charge in [-0.2, -0.15) is 0 Å². The van der Waals surface area contributed by atoms with Crippen molar-refractivity contribution < 1.29 is 9.90 Å². The first-order valence-corrected chi connectivity index (χ1v) is 5.67. The van der Waals surface area contributed by atoms with Crippen LogP contribution < -0.4 is 0 Å². The predicted octanol–water partition coefficient (Wildman–Crippen LogP) is 2.89. The number of allylic oxidation sites excluding steroid dienone is 1. The molecular weight excluding hydrogens is 204 g/mol. The van der Waals surface area contributed by atoms with Gasteiger partial charge in [-0.15, -0.1) is 23.1 Å². The minimum Gasteiger partial charge on any atom is -0.477 e. The molecule has 0 saturated heterocycles. The quantitative estimate of drug-likeness (QED) is 0.819. The number of thioether (sulfide) groups is 1. The maximum absolute atomic E-state index is 10.6. The topological polar surface area (TPSA) is 37.3 Å². The van der Waals surface area contributed by atoms with E-state index >= 15 is 0 Å². The molecule has 1 aliphatic heterocycles. The van der Waals surface area contributed by atoms with Gasteiger partial charge in [0.15, 0.2) is 0 Å². The lowest BCUT2D eigenvalue weighted by Crippen LogP contribution is -1.93. The monoisotopic (exact) mass is 212 g/mol. The summed E-state index contributed by atoms with van der Waals surface area (Å²) in [6, 6.07) is 4.06. The van der Waals surface area contributed by atoms with Crippen LogP contribution in [0.4, 0.5) is 0 Å². The van der Waals surface area contributed by atoms with Crippen LogP contribution >= 0.6 is 23.1 Å². The van der Waals surface area contributed by atoms with Crippen LogP contribution in [-0.2, 0) is 4.79 Å². The smallest absolute Gasteiger partial charge is 0.341 e. The Bertz CT molecular complexity index is 341. The Morgan fingerprint density at radius 2 is 2.46 bits per heavy atom. The molecule has 0 aromatic carbocycles. The zero-order valence-corrected chi connectivity index (χ0v) is 8.40. The van der Waals surface area contributed by atoms with Crippen LogP contribution in [0.1, 0.15) is 16.5 Å². The van der Waals surface area contributed by atoms with E-state index in [0.717, 1.165) is 6.42 Å². The number of carbonyl (C=O) groups is 1. The van der Waals surface area contributed by atoms with E-state index in [-0.39, 0.29) is 0 Å². The molecule has 0 aliphatic carbocycles. The highest BCUT2D eigenvalue weighted by molar-refractivity contribution is 8.04. The predicted molar refractivity (Wildman–Crippen MR) is 55.0 cm³/mol. The minimum absolute atomic E-state index is 0.325. The van der Waals surface area contributed by atoms with Crippen molar-refractivity contribution in [3.05, 3.63) is 33.4 Å². The van der Waals surface area contributed by atoms with Gasteiger partial charge in [0.2, 0.25) is 0 Å². The van der Waals surface area contributed by atoms with Gasteiger partial charge in [-0.25, -0.2) is 4.79 Å². The fourth-order valence-corrected chi connectivity index (χ4v) is 3.27. The van der Waals surface area contributed by atoms with Crippen molar-refractivity contribution in [3.63, 3.8) is 0 Å². The second kappa shape index (κ2) is 3.55. The standard InChI is InChI=1S/C9H8O2S2/c10-9(11)8-4-3-7(13-8)6-2-1-5-12-6/h1-2,4-5,7H,3H2,(H,10,11). The summed E-state index contributed by atoms with van der Waals surface area (Å²) in [5, 5.41) is 11.1. The van der Waals surface area contributed by atoms with Crippen molar-refractivity contribution in [2.45, 2.75) is 11.7 Å². The van der Waals surface area contributed by atoms with Crippen molar-refractivity contribution in [3.8, 4) is 0 Å². The summed E-state index contributed by atoms with van der Waals surface area (Å²) in [5.74, 6) is -0.802. The first kappa shape index (κ1) is 8.84. The largest absolute Gasteiger partial charge is 0.477 e. The molecule has 1 atom stereocenters. The molecule has 0 radical (unpaired) electrons. The van der Waals surface area contributed by atoms with Gasteiger partial charge in [0, 0.05) is 10.1 Å². The van der Waals surface area contributed by atoms with Crippen LogP contribution in [-0.4, -0.2) is 11.1 Å². The van der Waals surface area contributed by atoms with Gasteiger partial charge in [-0.05, 0) is 17.9 Å². The molecule has 2 rings (SSSR count). The van der Waals surface area contributed by atoms with E-state index in [1.165, 1.54) is 16.6 Å².